The van der Waals surface area contributed by atoms with E-state index >= 15 is 0 Å². The van der Waals surface area contributed by atoms with Gasteiger partial charge in [-0.05, 0) is 41.0 Å². The molecule has 0 fully saturated rings. The lowest BCUT2D eigenvalue weighted by molar-refractivity contribution is 0.406. The molecule has 1 radical (unpaired) electrons. The van der Waals surface area contributed by atoms with Gasteiger partial charge >= 0.3 is 0 Å². The molecule has 1 rings (SSSR count). The fraction of sp³-hybridized carbons (Fsp3) is 0.700. The first-order valence-corrected chi connectivity index (χ1v) is 10.9. The van der Waals surface area contributed by atoms with Crippen molar-refractivity contribution in [1.82, 2.24) is 0 Å². The summed E-state index contributed by atoms with van der Waals surface area (Å²) in [5, 5.41) is 11.1. The average molecular weight is 336 g/mol. The number of rotatable bonds is 2. The Hall–Kier alpha value is -0.963. The van der Waals surface area contributed by atoms with E-state index in [1.54, 1.807) is 0 Å². The predicted molar refractivity (Wildman–Crippen MR) is 102 cm³/mol. The highest BCUT2D eigenvalue weighted by Crippen LogP contribution is 2.49. The maximum absolute atomic E-state index is 11.1. The SMILES string of the molecule is C[Si](C)Oc1c(C(C)(C)C)cc(C(C)(C)C)c(O)c1C(C)(C)C. The van der Waals surface area contributed by atoms with Gasteiger partial charge in [0.2, 0.25) is 0 Å². The monoisotopic (exact) mass is 335 g/mol. The number of hydrogen-bond acceptors (Lipinski definition) is 2. The molecular formula is C20H35O2Si. The van der Waals surface area contributed by atoms with Crippen LogP contribution in [-0.4, -0.2) is 14.1 Å². The molecule has 2 nitrogen and oxygen atoms in total. The van der Waals surface area contributed by atoms with Crippen LogP contribution < -0.4 is 4.43 Å². The summed E-state index contributed by atoms with van der Waals surface area (Å²) >= 11 is 0. The van der Waals surface area contributed by atoms with Crippen molar-refractivity contribution in [2.75, 3.05) is 0 Å². The zero-order valence-electron chi connectivity index (χ0n) is 16.9. The molecule has 0 atom stereocenters. The number of phenolic OH excluding ortho intramolecular Hbond substituents is 1. The second-order valence-corrected chi connectivity index (χ2v) is 11.8. The third-order valence-electron chi connectivity index (χ3n) is 3.92. The molecule has 0 aliphatic heterocycles. The predicted octanol–water partition coefficient (Wildman–Crippen LogP) is 5.91. The molecule has 0 saturated heterocycles. The van der Waals surface area contributed by atoms with E-state index in [4.69, 9.17) is 4.43 Å². The van der Waals surface area contributed by atoms with Gasteiger partial charge in [0.1, 0.15) is 11.5 Å². The zero-order chi connectivity index (χ0) is 18.4. The number of benzene rings is 1. The van der Waals surface area contributed by atoms with Gasteiger partial charge in [0.15, 0.2) is 0 Å². The zero-order valence-corrected chi connectivity index (χ0v) is 17.9. The molecule has 0 aromatic heterocycles. The molecule has 0 spiro atoms. The second kappa shape index (κ2) is 6.16. The van der Waals surface area contributed by atoms with Gasteiger partial charge in [-0.2, -0.15) is 0 Å². The lowest BCUT2D eigenvalue weighted by Crippen LogP contribution is -2.25. The van der Waals surface area contributed by atoms with Crippen LogP contribution in [0.5, 0.6) is 11.5 Å². The minimum atomic E-state index is -0.926. The molecule has 3 heteroatoms. The van der Waals surface area contributed by atoms with E-state index < -0.39 is 9.04 Å². The van der Waals surface area contributed by atoms with Crippen molar-refractivity contribution in [3.63, 3.8) is 0 Å². The molecule has 131 valence electrons. The summed E-state index contributed by atoms with van der Waals surface area (Å²) in [5.74, 6) is 1.30. The molecule has 1 aromatic carbocycles. The molecule has 0 aliphatic rings. The van der Waals surface area contributed by atoms with Gasteiger partial charge in [0.05, 0.1) is 0 Å². The van der Waals surface area contributed by atoms with Crippen molar-refractivity contribution in [1.29, 1.82) is 0 Å². The van der Waals surface area contributed by atoms with Crippen molar-refractivity contribution in [3.05, 3.63) is 22.8 Å². The number of hydrogen-bond donors (Lipinski definition) is 1. The van der Waals surface area contributed by atoms with Crippen LogP contribution in [-0.2, 0) is 16.2 Å². The van der Waals surface area contributed by atoms with Gasteiger partial charge in [0, 0.05) is 11.1 Å². The quantitative estimate of drug-likeness (QED) is 0.680. The van der Waals surface area contributed by atoms with E-state index in [1.165, 1.54) is 5.56 Å². The largest absolute Gasteiger partial charge is 0.542 e. The van der Waals surface area contributed by atoms with Gasteiger partial charge < -0.3 is 9.53 Å². The van der Waals surface area contributed by atoms with Crippen molar-refractivity contribution in [3.8, 4) is 11.5 Å². The molecule has 23 heavy (non-hydrogen) atoms. The van der Waals surface area contributed by atoms with Crippen LogP contribution in [0, 0.1) is 0 Å². The lowest BCUT2D eigenvalue weighted by Gasteiger charge is -2.35. The smallest absolute Gasteiger partial charge is 0.274 e. The normalized spacial score (nSPS) is 13.6. The van der Waals surface area contributed by atoms with E-state index in [2.05, 4.69) is 81.5 Å². The van der Waals surface area contributed by atoms with Crippen LogP contribution >= 0.6 is 0 Å². The average Bonchev–Trinajstić information content (AvgIpc) is 2.22. The summed E-state index contributed by atoms with van der Waals surface area (Å²) in [5.41, 5.74) is 2.80. The summed E-state index contributed by atoms with van der Waals surface area (Å²) in [6, 6.07) is 2.16. The molecule has 1 N–H and O–H groups in total. The number of phenols is 1. The molecule has 0 aliphatic carbocycles. The van der Waals surface area contributed by atoms with E-state index in [0.717, 1.165) is 16.9 Å². The van der Waals surface area contributed by atoms with Crippen LogP contribution in [0.15, 0.2) is 6.07 Å². The minimum absolute atomic E-state index is 0.0413. The van der Waals surface area contributed by atoms with Gasteiger partial charge in [-0.3, -0.25) is 0 Å². The first-order chi connectivity index (χ1) is 10.1. The van der Waals surface area contributed by atoms with Crippen molar-refractivity contribution < 1.29 is 9.53 Å². The Morgan fingerprint density at radius 2 is 1.22 bits per heavy atom. The highest BCUT2D eigenvalue weighted by atomic mass is 28.3. The molecule has 0 bridgehead atoms. The molecular weight excluding hydrogens is 300 g/mol. The van der Waals surface area contributed by atoms with Crippen LogP contribution in [0.1, 0.15) is 79.0 Å². The first-order valence-electron chi connectivity index (χ1n) is 8.46. The Bertz CT molecular complexity index is 567. The first kappa shape index (κ1) is 20.1. The van der Waals surface area contributed by atoms with E-state index in [9.17, 15) is 5.11 Å². The van der Waals surface area contributed by atoms with Crippen LogP contribution in [0.3, 0.4) is 0 Å². The maximum atomic E-state index is 11.1. The maximum Gasteiger partial charge on any atom is 0.274 e. The fourth-order valence-electron chi connectivity index (χ4n) is 2.79. The second-order valence-electron chi connectivity index (χ2n) is 9.78. The van der Waals surface area contributed by atoms with Gasteiger partial charge in [-0.15, -0.1) is 0 Å². The Kier molecular flexibility index (Phi) is 5.38. The summed E-state index contributed by atoms with van der Waals surface area (Å²) in [4.78, 5) is 0. The van der Waals surface area contributed by atoms with Crippen molar-refractivity contribution in [2.45, 2.75) is 91.7 Å². The topological polar surface area (TPSA) is 29.5 Å². The molecule has 1 aromatic rings. The molecule has 0 saturated carbocycles. The number of aromatic hydroxyl groups is 1. The third-order valence-corrected chi connectivity index (χ3v) is 4.54. The molecule has 0 heterocycles. The Labute approximate surface area is 145 Å². The standard InChI is InChI=1S/C20H35O2Si/c1-18(2,3)13-12-14(19(4,5)6)17(22-23(10)11)15(16(13)21)20(7,8)9/h12,21H,1-11H3. The van der Waals surface area contributed by atoms with Crippen molar-refractivity contribution >= 4 is 9.04 Å². The van der Waals surface area contributed by atoms with E-state index in [1.807, 2.05) is 0 Å². The summed E-state index contributed by atoms with van der Waals surface area (Å²) in [7, 11) is -0.926. The summed E-state index contributed by atoms with van der Waals surface area (Å²) in [6.45, 7) is 23.8. The van der Waals surface area contributed by atoms with E-state index in [0.29, 0.717) is 5.75 Å². The summed E-state index contributed by atoms with van der Waals surface area (Å²) < 4.78 is 6.32. The molecule has 0 unspecified atom stereocenters. The third kappa shape index (κ3) is 4.53. The Balaban J connectivity index is 3.95. The fourth-order valence-corrected chi connectivity index (χ4v) is 3.41. The molecule has 0 amide bonds. The highest BCUT2D eigenvalue weighted by Gasteiger charge is 2.34. The highest BCUT2D eigenvalue weighted by molar-refractivity contribution is 6.49. The van der Waals surface area contributed by atoms with Crippen LogP contribution in [0.2, 0.25) is 13.1 Å². The Morgan fingerprint density at radius 1 is 0.783 bits per heavy atom. The van der Waals surface area contributed by atoms with E-state index in [-0.39, 0.29) is 16.2 Å². The van der Waals surface area contributed by atoms with Gasteiger partial charge in [0.25, 0.3) is 9.04 Å². The van der Waals surface area contributed by atoms with Gasteiger partial charge in [-0.1, -0.05) is 62.3 Å². The van der Waals surface area contributed by atoms with Crippen LogP contribution in [0.4, 0.5) is 0 Å². The van der Waals surface area contributed by atoms with Gasteiger partial charge in [-0.25, -0.2) is 0 Å². The van der Waals surface area contributed by atoms with Crippen molar-refractivity contribution in [2.24, 2.45) is 0 Å². The Morgan fingerprint density at radius 3 is 1.52 bits per heavy atom. The summed E-state index contributed by atoms with van der Waals surface area (Å²) in [6.07, 6.45) is 0. The minimum Gasteiger partial charge on any atom is -0.542 e. The van der Waals surface area contributed by atoms with Crippen LogP contribution in [0.25, 0.3) is 0 Å². The lowest BCUT2D eigenvalue weighted by atomic mass is 9.74.